The van der Waals surface area contributed by atoms with Gasteiger partial charge in [0.05, 0.1) is 5.41 Å². The minimum absolute atomic E-state index is 0.245. The summed E-state index contributed by atoms with van der Waals surface area (Å²) >= 11 is 3.49. The van der Waals surface area contributed by atoms with Crippen molar-refractivity contribution in [1.82, 2.24) is 4.90 Å². The van der Waals surface area contributed by atoms with Gasteiger partial charge in [0.25, 0.3) is 0 Å². The molecule has 3 nitrogen and oxygen atoms in total. The molecule has 1 amide bonds. The molecule has 1 saturated carbocycles. The molecule has 102 valence electrons. The highest BCUT2D eigenvalue weighted by Crippen LogP contribution is 2.50. The average Bonchev–Trinajstić information content (AvgIpc) is 3.20. The highest BCUT2D eigenvalue weighted by atomic mass is 79.9. The van der Waals surface area contributed by atoms with Gasteiger partial charge >= 0.3 is 0 Å². The number of nitrogens with zero attached hydrogens (tertiary/aromatic N) is 1. The van der Waals surface area contributed by atoms with Crippen LogP contribution >= 0.6 is 15.9 Å². The van der Waals surface area contributed by atoms with Crippen LogP contribution in [0.5, 0.6) is 0 Å². The van der Waals surface area contributed by atoms with E-state index >= 15 is 0 Å². The molecule has 1 aromatic rings. The summed E-state index contributed by atoms with van der Waals surface area (Å²) in [6.45, 7) is 1.63. The first-order chi connectivity index (χ1) is 9.12. The normalized spacial score (nSPS) is 22.3. The molecule has 3 rings (SSSR count). The summed E-state index contributed by atoms with van der Waals surface area (Å²) < 4.78 is 1.05. The van der Waals surface area contributed by atoms with Crippen molar-refractivity contribution in [2.75, 3.05) is 13.1 Å². The maximum absolute atomic E-state index is 12.8. The number of likely N-dealkylation sites (tertiary alicyclic amines) is 1. The van der Waals surface area contributed by atoms with E-state index in [1.54, 1.807) is 0 Å². The molecular weight excluding hydrogens is 304 g/mol. The first-order valence-corrected chi connectivity index (χ1v) is 7.72. The van der Waals surface area contributed by atoms with Gasteiger partial charge in [-0.15, -0.1) is 0 Å². The van der Waals surface area contributed by atoms with Crippen molar-refractivity contribution in [3.05, 3.63) is 34.3 Å². The highest BCUT2D eigenvalue weighted by molar-refractivity contribution is 9.10. The summed E-state index contributed by atoms with van der Waals surface area (Å²) in [5, 5.41) is 0. The molecule has 0 aromatic heterocycles. The van der Waals surface area contributed by atoms with Crippen LogP contribution in [0.3, 0.4) is 0 Å². The van der Waals surface area contributed by atoms with Crippen molar-refractivity contribution in [2.45, 2.75) is 37.1 Å². The van der Waals surface area contributed by atoms with Crippen LogP contribution in [0.2, 0.25) is 0 Å². The summed E-state index contributed by atoms with van der Waals surface area (Å²) in [4.78, 5) is 14.8. The first-order valence-electron chi connectivity index (χ1n) is 6.93. The number of carbonyl (C=O) groups is 1. The molecular formula is C15H19BrN2O. The van der Waals surface area contributed by atoms with Crippen molar-refractivity contribution >= 4 is 21.8 Å². The van der Waals surface area contributed by atoms with Crippen LogP contribution < -0.4 is 5.73 Å². The first kappa shape index (κ1) is 13.1. The third-order valence-electron chi connectivity index (χ3n) is 4.36. The van der Waals surface area contributed by atoms with Crippen LogP contribution in [0.1, 0.15) is 31.2 Å². The smallest absolute Gasteiger partial charge is 0.233 e. The average molecular weight is 323 g/mol. The highest BCUT2D eigenvalue weighted by Gasteiger charge is 2.53. The number of carbonyl (C=O) groups excluding carboxylic acids is 1. The van der Waals surface area contributed by atoms with Gasteiger partial charge < -0.3 is 10.6 Å². The number of benzene rings is 1. The second-order valence-corrected chi connectivity index (χ2v) is 6.64. The van der Waals surface area contributed by atoms with Gasteiger partial charge in [-0.1, -0.05) is 28.1 Å². The fraction of sp³-hybridized carbons (Fsp3) is 0.533. The zero-order valence-corrected chi connectivity index (χ0v) is 12.5. The van der Waals surface area contributed by atoms with Crippen LogP contribution in [0.15, 0.2) is 28.7 Å². The summed E-state index contributed by atoms with van der Waals surface area (Å²) in [7, 11) is 0. The van der Waals surface area contributed by atoms with Crippen LogP contribution in [-0.2, 0) is 10.2 Å². The Morgan fingerprint density at radius 3 is 2.58 bits per heavy atom. The SMILES string of the molecule is NC1CCN(C(=O)C2(c3cccc(Br)c3)CC2)CC1. The van der Waals surface area contributed by atoms with E-state index < -0.39 is 0 Å². The van der Waals surface area contributed by atoms with E-state index in [-0.39, 0.29) is 11.5 Å². The van der Waals surface area contributed by atoms with Crippen molar-refractivity contribution < 1.29 is 4.79 Å². The fourth-order valence-corrected chi connectivity index (χ4v) is 3.34. The fourth-order valence-electron chi connectivity index (χ4n) is 2.94. The lowest BCUT2D eigenvalue weighted by Crippen LogP contribution is -2.46. The summed E-state index contributed by atoms with van der Waals surface area (Å²) in [6.07, 6.45) is 3.82. The van der Waals surface area contributed by atoms with Crippen LogP contribution in [-0.4, -0.2) is 29.9 Å². The summed E-state index contributed by atoms with van der Waals surface area (Å²) in [5.74, 6) is 0.303. The molecule has 0 atom stereocenters. The molecule has 1 heterocycles. The predicted octanol–water partition coefficient (Wildman–Crippen LogP) is 2.43. The lowest BCUT2D eigenvalue weighted by molar-refractivity contribution is -0.135. The molecule has 4 heteroatoms. The standard InChI is InChI=1S/C15H19BrN2O/c16-12-3-1-2-11(10-12)15(6-7-15)14(19)18-8-4-13(17)5-9-18/h1-3,10,13H,4-9,17H2. The molecule has 1 aromatic carbocycles. The molecule has 0 bridgehead atoms. The van der Waals surface area contributed by atoms with Crippen molar-refractivity contribution in [3.8, 4) is 0 Å². The zero-order valence-electron chi connectivity index (χ0n) is 10.9. The van der Waals surface area contributed by atoms with Gasteiger partial charge in [-0.05, 0) is 43.4 Å². The van der Waals surface area contributed by atoms with E-state index in [0.717, 1.165) is 48.8 Å². The lowest BCUT2D eigenvalue weighted by Gasteiger charge is -2.33. The third kappa shape index (κ3) is 2.43. The molecule has 1 saturated heterocycles. The Balaban J connectivity index is 1.79. The van der Waals surface area contributed by atoms with Crippen LogP contribution in [0.4, 0.5) is 0 Å². The quantitative estimate of drug-likeness (QED) is 0.909. The van der Waals surface area contributed by atoms with Gasteiger partial charge in [0.1, 0.15) is 0 Å². The Kier molecular flexibility index (Phi) is 3.39. The molecule has 0 unspecified atom stereocenters. The molecule has 0 spiro atoms. The van der Waals surface area contributed by atoms with Crippen LogP contribution in [0.25, 0.3) is 0 Å². The van der Waals surface area contributed by atoms with Gasteiger partial charge in [0.2, 0.25) is 5.91 Å². The topological polar surface area (TPSA) is 46.3 Å². The number of hydrogen-bond acceptors (Lipinski definition) is 2. The van der Waals surface area contributed by atoms with Gasteiger partial charge in [0, 0.05) is 23.6 Å². The zero-order chi connectivity index (χ0) is 13.5. The minimum atomic E-state index is -0.245. The van der Waals surface area contributed by atoms with E-state index in [1.165, 1.54) is 0 Å². The van der Waals surface area contributed by atoms with E-state index in [2.05, 4.69) is 28.1 Å². The number of piperidine rings is 1. The third-order valence-corrected chi connectivity index (χ3v) is 4.86. The Hall–Kier alpha value is -0.870. The monoisotopic (exact) mass is 322 g/mol. The number of hydrogen-bond donors (Lipinski definition) is 1. The number of nitrogens with two attached hydrogens (primary N) is 1. The number of amides is 1. The molecule has 1 aliphatic heterocycles. The molecule has 1 aliphatic carbocycles. The molecule has 2 fully saturated rings. The van der Waals surface area contributed by atoms with Gasteiger partial charge in [-0.25, -0.2) is 0 Å². The maximum Gasteiger partial charge on any atom is 0.233 e. The van der Waals surface area contributed by atoms with Gasteiger partial charge in [-0.3, -0.25) is 4.79 Å². The largest absolute Gasteiger partial charge is 0.342 e. The van der Waals surface area contributed by atoms with E-state index in [0.29, 0.717) is 5.91 Å². The molecule has 2 N–H and O–H groups in total. The summed E-state index contributed by atoms with van der Waals surface area (Å²) in [5.41, 5.74) is 6.82. The van der Waals surface area contributed by atoms with Gasteiger partial charge in [0.15, 0.2) is 0 Å². The number of halogens is 1. The van der Waals surface area contributed by atoms with Crippen molar-refractivity contribution in [3.63, 3.8) is 0 Å². The minimum Gasteiger partial charge on any atom is -0.342 e. The Labute approximate surface area is 122 Å². The molecule has 19 heavy (non-hydrogen) atoms. The van der Waals surface area contributed by atoms with E-state index in [4.69, 9.17) is 5.73 Å². The van der Waals surface area contributed by atoms with E-state index in [1.807, 2.05) is 17.0 Å². The predicted molar refractivity (Wildman–Crippen MR) is 78.8 cm³/mol. The summed E-state index contributed by atoms with van der Waals surface area (Å²) in [6, 6.07) is 8.44. The maximum atomic E-state index is 12.8. The Morgan fingerprint density at radius 1 is 1.32 bits per heavy atom. The van der Waals surface area contributed by atoms with E-state index in [9.17, 15) is 4.79 Å². The van der Waals surface area contributed by atoms with Crippen molar-refractivity contribution in [2.24, 2.45) is 5.73 Å². The second-order valence-electron chi connectivity index (χ2n) is 5.72. The van der Waals surface area contributed by atoms with Crippen molar-refractivity contribution in [1.29, 1.82) is 0 Å². The molecule has 0 radical (unpaired) electrons. The Bertz CT molecular complexity index is 491. The van der Waals surface area contributed by atoms with Gasteiger partial charge in [-0.2, -0.15) is 0 Å². The second kappa shape index (κ2) is 4.91. The lowest BCUT2D eigenvalue weighted by atomic mass is 9.93. The van der Waals surface area contributed by atoms with Crippen LogP contribution in [0, 0.1) is 0 Å². The molecule has 2 aliphatic rings. The number of rotatable bonds is 2. The Morgan fingerprint density at radius 2 is 2.00 bits per heavy atom.